The number of carbonyl (C=O) groups excluding carboxylic acids is 1. The van der Waals surface area contributed by atoms with Crippen LogP contribution in [0.15, 0.2) is 12.1 Å². The molecular weight excluding hydrogens is 282 g/mol. The molecule has 0 bridgehead atoms. The fraction of sp³-hybridized carbons (Fsp3) is 0.600. The molecule has 2 saturated heterocycles. The van der Waals surface area contributed by atoms with Gasteiger partial charge in [0, 0.05) is 13.1 Å². The van der Waals surface area contributed by atoms with Gasteiger partial charge >= 0.3 is 0 Å². The van der Waals surface area contributed by atoms with E-state index in [9.17, 15) is 9.90 Å². The molecule has 0 spiro atoms. The van der Waals surface area contributed by atoms with E-state index in [1.165, 1.54) is 0 Å². The van der Waals surface area contributed by atoms with E-state index in [1.807, 2.05) is 17.0 Å². The summed E-state index contributed by atoms with van der Waals surface area (Å²) >= 11 is 0. The lowest BCUT2D eigenvalue weighted by Crippen LogP contribution is -2.41. The second-order valence-corrected chi connectivity index (χ2v) is 6.01. The first-order chi connectivity index (χ1) is 10.6. The van der Waals surface area contributed by atoms with E-state index >= 15 is 0 Å². The molecule has 1 amide bonds. The second kappa shape index (κ2) is 6.00. The third-order valence-electron chi connectivity index (χ3n) is 4.63. The maximum atomic E-state index is 11.6. The number of carbonyl (C=O) groups is 1. The van der Waals surface area contributed by atoms with Gasteiger partial charge in [0.1, 0.15) is 11.9 Å². The molecule has 3 rings (SSSR count). The highest BCUT2D eigenvalue weighted by molar-refractivity contribution is 5.84. The summed E-state index contributed by atoms with van der Waals surface area (Å²) in [6, 6.07) is 3.43. The molecule has 0 radical (unpaired) electrons. The highest BCUT2D eigenvalue weighted by Gasteiger charge is 2.32. The summed E-state index contributed by atoms with van der Waals surface area (Å²) in [5.41, 5.74) is 12.2. The van der Waals surface area contributed by atoms with Crippen molar-refractivity contribution in [3.05, 3.63) is 12.1 Å². The molecule has 2 fully saturated rings. The predicted octanol–water partition coefficient (Wildman–Crippen LogP) is 0.0790. The van der Waals surface area contributed by atoms with Crippen LogP contribution in [0, 0.1) is 0 Å². The summed E-state index contributed by atoms with van der Waals surface area (Å²) in [5.74, 6) is 1.12. The van der Waals surface area contributed by atoms with Crippen LogP contribution in [0.2, 0.25) is 0 Å². The van der Waals surface area contributed by atoms with Crippen LogP contribution in [0.1, 0.15) is 25.7 Å². The van der Waals surface area contributed by atoms with Crippen LogP contribution in [0.5, 0.6) is 0 Å². The van der Waals surface area contributed by atoms with Gasteiger partial charge in [-0.1, -0.05) is 0 Å². The highest BCUT2D eigenvalue weighted by atomic mass is 16.3. The van der Waals surface area contributed by atoms with Crippen molar-refractivity contribution >= 4 is 23.2 Å². The Labute approximate surface area is 129 Å². The molecule has 7 heteroatoms. The summed E-state index contributed by atoms with van der Waals surface area (Å²) in [5, 5.41) is 9.50. The van der Waals surface area contributed by atoms with Crippen LogP contribution in [0.4, 0.5) is 17.3 Å². The molecule has 120 valence electrons. The number of nitrogens with zero attached hydrogens (tertiary/aromatic N) is 3. The van der Waals surface area contributed by atoms with Crippen molar-refractivity contribution in [1.82, 2.24) is 4.98 Å². The lowest BCUT2D eigenvalue weighted by Gasteiger charge is -2.28. The molecule has 2 aliphatic rings. The summed E-state index contributed by atoms with van der Waals surface area (Å²) in [6.45, 7) is 1.71. The van der Waals surface area contributed by atoms with Crippen molar-refractivity contribution in [3.63, 3.8) is 0 Å². The molecule has 3 heterocycles. The van der Waals surface area contributed by atoms with E-state index in [1.54, 1.807) is 0 Å². The summed E-state index contributed by atoms with van der Waals surface area (Å²) < 4.78 is 0. The number of nitrogen functional groups attached to an aromatic ring is 1. The third-order valence-corrected chi connectivity index (χ3v) is 4.63. The number of aromatic nitrogens is 1. The minimum Gasteiger partial charge on any atom is -0.396 e. The molecular formula is C15H23N5O2. The highest BCUT2D eigenvalue weighted by Crippen LogP contribution is 2.32. The van der Waals surface area contributed by atoms with E-state index < -0.39 is 0 Å². The van der Waals surface area contributed by atoms with Gasteiger partial charge in [0.25, 0.3) is 0 Å². The number of hydrogen-bond donors (Lipinski definition) is 3. The lowest BCUT2D eigenvalue weighted by molar-refractivity contribution is -0.119. The molecule has 5 N–H and O–H groups in total. The molecule has 2 atom stereocenters. The number of primary amides is 1. The molecule has 1 aromatic rings. The second-order valence-electron chi connectivity index (χ2n) is 6.01. The maximum absolute atomic E-state index is 11.6. The van der Waals surface area contributed by atoms with Crippen LogP contribution in [0.3, 0.4) is 0 Å². The molecule has 22 heavy (non-hydrogen) atoms. The molecule has 0 saturated carbocycles. The number of nitrogens with two attached hydrogens (primary N) is 2. The fourth-order valence-corrected chi connectivity index (χ4v) is 3.48. The van der Waals surface area contributed by atoms with Crippen molar-refractivity contribution in [2.45, 2.75) is 37.8 Å². The molecule has 0 aromatic carbocycles. The zero-order valence-electron chi connectivity index (χ0n) is 12.6. The van der Waals surface area contributed by atoms with E-state index in [0.29, 0.717) is 11.5 Å². The Morgan fingerprint density at radius 1 is 1.27 bits per heavy atom. The first-order valence-corrected chi connectivity index (χ1v) is 7.82. The minimum atomic E-state index is -0.313. The average Bonchev–Trinajstić information content (AvgIpc) is 3.16. The van der Waals surface area contributed by atoms with Gasteiger partial charge < -0.3 is 26.4 Å². The molecule has 1 aromatic heterocycles. The van der Waals surface area contributed by atoms with Crippen molar-refractivity contribution in [2.75, 3.05) is 35.2 Å². The number of pyridine rings is 1. The molecule has 2 unspecified atom stereocenters. The number of amides is 1. The zero-order valence-corrected chi connectivity index (χ0v) is 12.6. The van der Waals surface area contributed by atoms with Gasteiger partial charge in [0.15, 0.2) is 5.82 Å². The summed E-state index contributed by atoms with van der Waals surface area (Å²) in [7, 11) is 0. The number of anilines is 3. The fourth-order valence-electron chi connectivity index (χ4n) is 3.48. The zero-order chi connectivity index (χ0) is 15.7. The van der Waals surface area contributed by atoms with E-state index in [4.69, 9.17) is 11.5 Å². The Bertz CT molecular complexity index is 565. The maximum Gasteiger partial charge on any atom is 0.240 e. The Hall–Kier alpha value is -2.02. The van der Waals surface area contributed by atoms with Crippen LogP contribution in [-0.2, 0) is 4.79 Å². The van der Waals surface area contributed by atoms with Crippen molar-refractivity contribution in [3.8, 4) is 0 Å². The van der Waals surface area contributed by atoms with Crippen LogP contribution >= 0.6 is 0 Å². The largest absolute Gasteiger partial charge is 0.396 e. The Balaban J connectivity index is 1.91. The van der Waals surface area contributed by atoms with Gasteiger partial charge in [-0.05, 0) is 37.8 Å². The SMILES string of the molecule is NC(=O)C1CCCN1c1ccc(N)c(N2CCCC2CO)n1. The van der Waals surface area contributed by atoms with Crippen LogP contribution in [0.25, 0.3) is 0 Å². The van der Waals surface area contributed by atoms with Crippen LogP contribution < -0.4 is 21.3 Å². The van der Waals surface area contributed by atoms with Gasteiger partial charge in [-0.3, -0.25) is 4.79 Å². The molecule has 2 aliphatic heterocycles. The number of aliphatic hydroxyl groups is 1. The Morgan fingerprint density at radius 2 is 2.00 bits per heavy atom. The Kier molecular flexibility index (Phi) is 4.06. The van der Waals surface area contributed by atoms with Gasteiger partial charge in [0.2, 0.25) is 5.91 Å². The lowest BCUT2D eigenvalue weighted by atomic mass is 10.2. The van der Waals surface area contributed by atoms with Crippen molar-refractivity contribution in [1.29, 1.82) is 0 Å². The van der Waals surface area contributed by atoms with Gasteiger partial charge in [0.05, 0.1) is 18.3 Å². The minimum absolute atomic E-state index is 0.0653. The Morgan fingerprint density at radius 3 is 2.73 bits per heavy atom. The summed E-state index contributed by atoms with van der Waals surface area (Å²) in [6.07, 6.45) is 3.65. The quantitative estimate of drug-likeness (QED) is 0.727. The van der Waals surface area contributed by atoms with Gasteiger partial charge in [-0.25, -0.2) is 4.98 Å². The molecule has 0 aliphatic carbocycles. The third kappa shape index (κ3) is 2.56. The normalized spacial score (nSPS) is 25.0. The van der Waals surface area contributed by atoms with Gasteiger partial charge in [-0.15, -0.1) is 0 Å². The smallest absolute Gasteiger partial charge is 0.240 e. The monoisotopic (exact) mass is 305 g/mol. The number of aliphatic hydroxyl groups excluding tert-OH is 1. The van der Waals surface area contributed by atoms with E-state index in [0.717, 1.165) is 44.6 Å². The standard InChI is InChI=1S/C15H23N5O2/c16-11-5-6-13(20-8-2-4-12(20)14(17)22)18-15(11)19-7-1-3-10(19)9-21/h5-6,10,12,21H,1-4,7-9,16H2,(H2,17,22). The van der Waals surface area contributed by atoms with Gasteiger partial charge in [-0.2, -0.15) is 0 Å². The first kappa shape index (κ1) is 14.9. The number of hydrogen-bond acceptors (Lipinski definition) is 6. The van der Waals surface area contributed by atoms with Crippen molar-refractivity contribution in [2.24, 2.45) is 5.73 Å². The first-order valence-electron chi connectivity index (χ1n) is 7.82. The average molecular weight is 305 g/mol. The van der Waals surface area contributed by atoms with E-state index in [2.05, 4.69) is 9.88 Å². The summed E-state index contributed by atoms with van der Waals surface area (Å²) in [4.78, 5) is 20.3. The van der Waals surface area contributed by atoms with Crippen molar-refractivity contribution < 1.29 is 9.90 Å². The van der Waals surface area contributed by atoms with E-state index in [-0.39, 0.29) is 24.6 Å². The number of rotatable bonds is 4. The molecule has 7 nitrogen and oxygen atoms in total. The van der Waals surface area contributed by atoms with Crippen LogP contribution in [-0.4, -0.2) is 47.8 Å². The predicted molar refractivity (Wildman–Crippen MR) is 85.7 cm³/mol. The topological polar surface area (TPSA) is 109 Å².